The number of cyclic esters (lactones) is 1. The van der Waals surface area contributed by atoms with Crippen molar-refractivity contribution in [2.24, 2.45) is 46.8 Å². The van der Waals surface area contributed by atoms with Gasteiger partial charge in [0.25, 0.3) is 0 Å². The van der Waals surface area contributed by atoms with Crippen LogP contribution >= 0.6 is 0 Å². The molecule has 6 heteroatoms. The minimum Gasteiger partial charge on any atom is -0.459 e. The number of allylic oxidation sites excluding steroid dienone is 4. The van der Waals surface area contributed by atoms with E-state index in [2.05, 4.69) is 19.1 Å². The lowest BCUT2D eigenvalue weighted by atomic mass is 9.48. The third kappa shape index (κ3) is 2.27. The lowest BCUT2D eigenvalue weighted by Gasteiger charge is -2.61. The van der Waals surface area contributed by atoms with E-state index in [1.165, 1.54) is 0 Å². The van der Waals surface area contributed by atoms with Crippen molar-refractivity contribution in [3.63, 3.8) is 0 Å². The van der Waals surface area contributed by atoms with Gasteiger partial charge in [-0.25, -0.2) is 0 Å². The van der Waals surface area contributed by atoms with E-state index < -0.39 is 29.0 Å². The first-order valence-electron chi connectivity index (χ1n) is 12.8. The van der Waals surface area contributed by atoms with Crippen LogP contribution in [0.25, 0.3) is 0 Å². The zero-order valence-electron chi connectivity index (χ0n) is 19.8. The Morgan fingerprint density at radius 2 is 1.88 bits per heavy atom. The van der Waals surface area contributed by atoms with Crippen molar-refractivity contribution in [1.29, 1.82) is 0 Å². The molecule has 3 aliphatic heterocycles. The number of Topliss-reactive ketones (excluding diaryl/α,β-unsaturated/α-hetero) is 1. The first kappa shape index (κ1) is 20.8. The second-order valence-electron chi connectivity index (χ2n) is 12.3. The normalized spacial score (nSPS) is 60.3. The molecule has 2 saturated carbocycles. The molecular weight excluding hydrogens is 420 g/mol. The molecule has 3 saturated heterocycles. The average molecular weight is 455 g/mol. The van der Waals surface area contributed by atoms with Crippen LogP contribution in [0, 0.1) is 46.8 Å². The Bertz CT molecular complexity index is 1010. The number of carbonyl (C=O) groups is 2. The number of fused-ring (bicyclic) bond motifs is 4. The molecule has 4 bridgehead atoms. The Labute approximate surface area is 194 Å². The summed E-state index contributed by atoms with van der Waals surface area (Å²) in [4.78, 5) is 25.7. The molecule has 3 heterocycles. The fourth-order valence-corrected chi connectivity index (χ4v) is 9.27. The summed E-state index contributed by atoms with van der Waals surface area (Å²) in [6, 6.07) is 0. The highest BCUT2D eigenvalue weighted by molar-refractivity contribution is 5.91. The van der Waals surface area contributed by atoms with Crippen LogP contribution in [-0.2, 0) is 23.8 Å². The second-order valence-corrected chi connectivity index (χ2v) is 12.3. The van der Waals surface area contributed by atoms with Crippen LogP contribution in [0.2, 0.25) is 0 Å². The SMILES string of the molecule is C[C@@H]1[C@H](C)C(=O)O[C@@H]1C1OC23C[C@H]4[C@@H](CC=C5C=CCC(=O)[C@@]54C)[C@H]4CC(O2)C([C@@H]43)[C@@]1(C)O. The quantitative estimate of drug-likeness (QED) is 0.613. The predicted molar refractivity (Wildman–Crippen MR) is 118 cm³/mol. The van der Waals surface area contributed by atoms with E-state index in [9.17, 15) is 14.7 Å². The van der Waals surface area contributed by atoms with Crippen molar-refractivity contribution < 1.29 is 28.9 Å². The first-order chi connectivity index (χ1) is 15.6. The average Bonchev–Trinajstić information content (AvgIpc) is 3.37. The topological polar surface area (TPSA) is 82.1 Å². The minimum absolute atomic E-state index is 0.0378. The van der Waals surface area contributed by atoms with E-state index in [-0.39, 0.29) is 47.4 Å². The van der Waals surface area contributed by atoms with Gasteiger partial charge in [0.05, 0.1) is 23.0 Å². The van der Waals surface area contributed by atoms with Crippen LogP contribution in [0.5, 0.6) is 0 Å². The Hall–Kier alpha value is -1.50. The molecule has 0 aromatic heterocycles. The van der Waals surface area contributed by atoms with Crippen molar-refractivity contribution >= 4 is 11.8 Å². The van der Waals surface area contributed by atoms with Crippen molar-refractivity contribution in [3.8, 4) is 0 Å². The lowest BCUT2D eigenvalue weighted by molar-refractivity contribution is -0.361. The Morgan fingerprint density at radius 3 is 2.61 bits per heavy atom. The van der Waals surface area contributed by atoms with Crippen molar-refractivity contribution in [2.75, 3.05) is 0 Å². The second kappa shape index (κ2) is 6.19. The summed E-state index contributed by atoms with van der Waals surface area (Å²) in [6.45, 7) is 7.88. The molecule has 4 unspecified atom stereocenters. The van der Waals surface area contributed by atoms with Crippen LogP contribution in [-0.4, -0.2) is 46.6 Å². The van der Waals surface area contributed by atoms with Gasteiger partial charge in [-0.2, -0.15) is 0 Å². The van der Waals surface area contributed by atoms with Gasteiger partial charge in [0.15, 0.2) is 5.79 Å². The van der Waals surface area contributed by atoms with E-state index in [1.807, 2.05) is 26.8 Å². The summed E-state index contributed by atoms with van der Waals surface area (Å²) in [5.74, 6) is 0.0119. The van der Waals surface area contributed by atoms with Gasteiger partial charge in [0.1, 0.15) is 18.0 Å². The third-order valence-electron chi connectivity index (χ3n) is 11.1. The molecule has 0 aromatic rings. The fraction of sp³-hybridized carbons (Fsp3) is 0.778. The van der Waals surface area contributed by atoms with E-state index in [0.29, 0.717) is 24.7 Å². The zero-order valence-corrected chi connectivity index (χ0v) is 19.8. The van der Waals surface area contributed by atoms with Crippen LogP contribution < -0.4 is 0 Å². The van der Waals surface area contributed by atoms with Gasteiger partial charge in [-0.3, -0.25) is 9.59 Å². The molecule has 0 aromatic carbocycles. The maximum Gasteiger partial charge on any atom is 0.309 e. The van der Waals surface area contributed by atoms with E-state index >= 15 is 0 Å². The largest absolute Gasteiger partial charge is 0.459 e. The van der Waals surface area contributed by atoms with Crippen LogP contribution in [0.3, 0.4) is 0 Å². The number of carbonyl (C=O) groups excluding carboxylic acids is 2. The monoisotopic (exact) mass is 454 g/mol. The van der Waals surface area contributed by atoms with E-state index in [4.69, 9.17) is 14.2 Å². The first-order valence-corrected chi connectivity index (χ1v) is 12.8. The number of rotatable bonds is 1. The van der Waals surface area contributed by atoms with Gasteiger partial charge < -0.3 is 19.3 Å². The summed E-state index contributed by atoms with van der Waals surface area (Å²) >= 11 is 0. The van der Waals surface area contributed by atoms with Gasteiger partial charge >= 0.3 is 5.97 Å². The van der Waals surface area contributed by atoms with Gasteiger partial charge in [-0.1, -0.05) is 32.1 Å². The zero-order chi connectivity index (χ0) is 23.1. The highest BCUT2D eigenvalue weighted by Gasteiger charge is 2.78. The van der Waals surface area contributed by atoms with E-state index in [0.717, 1.165) is 18.4 Å². The minimum atomic E-state index is -1.14. The molecular formula is C27H34O6. The standard InChI is InChI=1S/C27H34O6/c1-12-13(2)24(29)31-22(12)23-26(4,30)21-18-10-16-15-9-8-14-6-5-7-19(28)25(14,3)17(15)11-27(32-18,33-23)20(16)21/h5-6,8,12-13,15-18,20-23,30H,7,9-11H2,1-4H3/t12-,13+,15+,16-,17+,18?,20-,21?,22+,23?,25+,26-,27?/m1/s1. The predicted octanol–water partition coefficient (Wildman–Crippen LogP) is 3.18. The number of aliphatic hydroxyl groups is 1. The van der Waals surface area contributed by atoms with Gasteiger partial charge in [-0.15, -0.1) is 0 Å². The van der Waals surface area contributed by atoms with Crippen molar-refractivity contribution in [2.45, 2.75) is 83.1 Å². The molecule has 13 atom stereocenters. The molecule has 0 amide bonds. The molecule has 6 nitrogen and oxygen atoms in total. The molecule has 7 aliphatic rings. The van der Waals surface area contributed by atoms with Gasteiger partial charge in [0, 0.05) is 30.6 Å². The van der Waals surface area contributed by atoms with Crippen LogP contribution in [0.4, 0.5) is 0 Å². The Morgan fingerprint density at radius 1 is 1.09 bits per heavy atom. The van der Waals surface area contributed by atoms with Crippen LogP contribution in [0.15, 0.2) is 23.8 Å². The van der Waals surface area contributed by atoms with Gasteiger partial charge in [-0.05, 0) is 50.0 Å². The molecule has 0 spiro atoms. The molecule has 33 heavy (non-hydrogen) atoms. The van der Waals surface area contributed by atoms with Crippen LogP contribution in [0.1, 0.15) is 53.4 Å². The molecule has 1 N–H and O–H groups in total. The Balaban J connectivity index is 1.31. The number of ether oxygens (including phenoxy) is 3. The molecule has 5 fully saturated rings. The summed E-state index contributed by atoms with van der Waals surface area (Å²) in [5.41, 5.74) is -0.500. The number of hydrogen-bond donors (Lipinski definition) is 1. The smallest absolute Gasteiger partial charge is 0.309 e. The molecule has 4 aliphatic carbocycles. The van der Waals surface area contributed by atoms with Crippen molar-refractivity contribution in [3.05, 3.63) is 23.8 Å². The maximum absolute atomic E-state index is 13.3. The number of ketones is 1. The third-order valence-corrected chi connectivity index (χ3v) is 11.1. The number of esters is 1. The molecule has 178 valence electrons. The molecule has 0 radical (unpaired) electrons. The molecule has 7 rings (SSSR count). The highest BCUT2D eigenvalue weighted by atomic mass is 16.7. The summed E-state index contributed by atoms with van der Waals surface area (Å²) < 4.78 is 19.3. The Kier molecular flexibility index (Phi) is 3.91. The van der Waals surface area contributed by atoms with E-state index in [1.54, 1.807) is 0 Å². The van der Waals surface area contributed by atoms with Crippen molar-refractivity contribution in [1.82, 2.24) is 0 Å². The lowest BCUT2D eigenvalue weighted by Crippen LogP contribution is -2.68. The maximum atomic E-state index is 13.3. The fourth-order valence-electron chi connectivity index (χ4n) is 9.27. The summed E-state index contributed by atoms with van der Waals surface area (Å²) in [5, 5.41) is 11.9. The van der Waals surface area contributed by atoms with Gasteiger partial charge in [0.2, 0.25) is 0 Å². The summed E-state index contributed by atoms with van der Waals surface area (Å²) in [7, 11) is 0. The summed E-state index contributed by atoms with van der Waals surface area (Å²) in [6.07, 6.45) is 8.28. The number of hydrogen-bond acceptors (Lipinski definition) is 6. The highest BCUT2D eigenvalue weighted by Crippen LogP contribution is 2.72.